The SMILES string of the molecule is C[C@@H]1CCC(C(N)=O)C1. The Morgan fingerprint density at radius 3 is 2.44 bits per heavy atom. The van der Waals surface area contributed by atoms with E-state index >= 15 is 0 Å². The molecule has 0 spiro atoms. The van der Waals surface area contributed by atoms with Crippen molar-refractivity contribution in [3.63, 3.8) is 0 Å². The predicted octanol–water partition coefficient (Wildman–Crippen LogP) is 0.908. The first-order valence-corrected chi connectivity index (χ1v) is 3.49. The Hall–Kier alpha value is -0.530. The topological polar surface area (TPSA) is 43.1 Å². The van der Waals surface area contributed by atoms with E-state index in [0.717, 1.165) is 12.8 Å². The minimum atomic E-state index is -0.112. The molecule has 2 N–H and O–H groups in total. The van der Waals surface area contributed by atoms with Gasteiger partial charge in [0.1, 0.15) is 0 Å². The third-order valence-electron chi connectivity index (χ3n) is 2.10. The second-order valence-corrected chi connectivity index (χ2v) is 3.02. The van der Waals surface area contributed by atoms with Crippen molar-refractivity contribution in [1.29, 1.82) is 0 Å². The van der Waals surface area contributed by atoms with Crippen molar-refractivity contribution in [1.82, 2.24) is 0 Å². The Morgan fingerprint density at radius 2 is 2.22 bits per heavy atom. The molecule has 0 heterocycles. The number of nitrogens with two attached hydrogens (primary N) is 1. The summed E-state index contributed by atoms with van der Waals surface area (Å²) in [6.45, 7) is 2.17. The van der Waals surface area contributed by atoms with Gasteiger partial charge in [0.25, 0.3) is 0 Å². The smallest absolute Gasteiger partial charge is 0.220 e. The second kappa shape index (κ2) is 2.38. The van der Waals surface area contributed by atoms with Gasteiger partial charge in [0.2, 0.25) is 5.91 Å². The Bertz CT molecular complexity index is 122. The summed E-state index contributed by atoms with van der Waals surface area (Å²) in [5.74, 6) is 0.779. The van der Waals surface area contributed by atoms with E-state index in [9.17, 15) is 4.79 Å². The molecule has 0 aliphatic heterocycles. The monoisotopic (exact) mass is 127 g/mol. The van der Waals surface area contributed by atoms with E-state index in [1.807, 2.05) is 0 Å². The van der Waals surface area contributed by atoms with Crippen molar-refractivity contribution in [2.45, 2.75) is 26.2 Å². The van der Waals surface area contributed by atoms with Crippen LogP contribution < -0.4 is 5.73 Å². The van der Waals surface area contributed by atoms with Gasteiger partial charge in [-0.15, -0.1) is 0 Å². The summed E-state index contributed by atoms with van der Waals surface area (Å²) in [5.41, 5.74) is 5.12. The number of primary amides is 1. The Kier molecular flexibility index (Phi) is 1.74. The first-order chi connectivity index (χ1) is 4.20. The van der Waals surface area contributed by atoms with Crippen molar-refractivity contribution in [3.8, 4) is 0 Å². The lowest BCUT2D eigenvalue weighted by atomic mass is 10.1. The van der Waals surface area contributed by atoms with Crippen LogP contribution in [0.1, 0.15) is 26.2 Å². The zero-order valence-corrected chi connectivity index (χ0v) is 5.76. The minimum absolute atomic E-state index is 0.112. The molecule has 0 aromatic carbocycles. The van der Waals surface area contributed by atoms with Gasteiger partial charge in [0.05, 0.1) is 0 Å². The summed E-state index contributed by atoms with van der Waals surface area (Å²) >= 11 is 0. The van der Waals surface area contributed by atoms with Crippen LogP contribution in [0.25, 0.3) is 0 Å². The summed E-state index contributed by atoms with van der Waals surface area (Å²) in [5, 5.41) is 0. The number of carbonyl (C=O) groups is 1. The fraction of sp³-hybridized carbons (Fsp3) is 0.857. The largest absolute Gasteiger partial charge is 0.369 e. The lowest BCUT2D eigenvalue weighted by molar-refractivity contribution is -0.121. The number of hydrogen-bond donors (Lipinski definition) is 1. The fourth-order valence-electron chi connectivity index (χ4n) is 1.47. The molecule has 1 aliphatic carbocycles. The summed E-state index contributed by atoms with van der Waals surface area (Å²) in [6, 6.07) is 0. The van der Waals surface area contributed by atoms with Crippen LogP contribution in [0.2, 0.25) is 0 Å². The number of carbonyl (C=O) groups excluding carboxylic acids is 1. The Labute approximate surface area is 55.4 Å². The molecule has 1 aliphatic rings. The van der Waals surface area contributed by atoms with Gasteiger partial charge in [0.15, 0.2) is 0 Å². The highest BCUT2D eigenvalue weighted by Gasteiger charge is 2.24. The minimum Gasteiger partial charge on any atom is -0.369 e. The van der Waals surface area contributed by atoms with Crippen LogP contribution in [0, 0.1) is 11.8 Å². The van der Waals surface area contributed by atoms with Crippen molar-refractivity contribution in [2.75, 3.05) is 0 Å². The van der Waals surface area contributed by atoms with E-state index in [1.165, 1.54) is 6.42 Å². The second-order valence-electron chi connectivity index (χ2n) is 3.02. The van der Waals surface area contributed by atoms with Crippen LogP contribution in [-0.2, 0) is 4.79 Å². The molecule has 52 valence electrons. The highest BCUT2D eigenvalue weighted by molar-refractivity contribution is 5.76. The number of hydrogen-bond acceptors (Lipinski definition) is 1. The molecule has 0 aromatic rings. The summed E-state index contributed by atoms with van der Waals surface area (Å²) in [7, 11) is 0. The lowest BCUT2D eigenvalue weighted by Gasteiger charge is -2.01. The molecule has 1 rings (SSSR count). The van der Waals surface area contributed by atoms with Gasteiger partial charge in [-0.2, -0.15) is 0 Å². The normalized spacial score (nSPS) is 34.8. The quantitative estimate of drug-likeness (QED) is 0.559. The van der Waals surface area contributed by atoms with Crippen molar-refractivity contribution in [2.24, 2.45) is 17.6 Å². The maximum absolute atomic E-state index is 10.6. The van der Waals surface area contributed by atoms with E-state index in [-0.39, 0.29) is 11.8 Å². The Morgan fingerprint density at radius 1 is 1.56 bits per heavy atom. The molecule has 1 fully saturated rings. The van der Waals surface area contributed by atoms with E-state index in [2.05, 4.69) is 6.92 Å². The van der Waals surface area contributed by atoms with Gasteiger partial charge >= 0.3 is 0 Å². The summed E-state index contributed by atoms with van der Waals surface area (Å²) in [6.07, 6.45) is 3.19. The van der Waals surface area contributed by atoms with Gasteiger partial charge < -0.3 is 5.73 Å². The van der Waals surface area contributed by atoms with E-state index in [1.54, 1.807) is 0 Å². The average Bonchev–Trinajstić information content (AvgIpc) is 2.14. The van der Waals surface area contributed by atoms with Gasteiger partial charge in [0, 0.05) is 5.92 Å². The molecule has 0 bridgehead atoms. The molecule has 2 nitrogen and oxygen atoms in total. The van der Waals surface area contributed by atoms with E-state index in [0.29, 0.717) is 5.92 Å². The molecular formula is C7H13NO. The molecule has 0 aromatic heterocycles. The zero-order chi connectivity index (χ0) is 6.85. The standard InChI is InChI=1S/C7H13NO/c1-5-2-3-6(4-5)7(8)9/h5-6H,2-4H2,1H3,(H2,8,9)/t5-,6?/m1/s1. The maximum atomic E-state index is 10.6. The van der Waals surface area contributed by atoms with Crippen molar-refractivity contribution < 1.29 is 4.79 Å². The summed E-state index contributed by atoms with van der Waals surface area (Å²) < 4.78 is 0. The molecule has 0 saturated heterocycles. The van der Waals surface area contributed by atoms with Crippen LogP contribution in [0.3, 0.4) is 0 Å². The fourth-order valence-corrected chi connectivity index (χ4v) is 1.47. The maximum Gasteiger partial charge on any atom is 0.220 e. The third kappa shape index (κ3) is 1.44. The van der Waals surface area contributed by atoms with Gasteiger partial charge in [-0.25, -0.2) is 0 Å². The van der Waals surface area contributed by atoms with Crippen LogP contribution in [0.15, 0.2) is 0 Å². The molecular weight excluding hydrogens is 114 g/mol. The van der Waals surface area contributed by atoms with E-state index < -0.39 is 0 Å². The van der Waals surface area contributed by atoms with Gasteiger partial charge in [-0.05, 0) is 25.2 Å². The van der Waals surface area contributed by atoms with Gasteiger partial charge in [-0.1, -0.05) is 6.92 Å². The van der Waals surface area contributed by atoms with Crippen LogP contribution in [-0.4, -0.2) is 5.91 Å². The van der Waals surface area contributed by atoms with Crippen LogP contribution in [0.5, 0.6) is 0 Å². The molecule has 1 amide bonds. The molecule has 0 radical (unpaired) electrons. The lowest BCUT2D eigenvalue weighted by Crippen LogP contribution is -2.20. The third-order valence-corrected chi connectivity index (χ3v) is 2.10. The molecule has 1 saturated carbocycles. The highest BCUT2D eigenvalue weighted by Crippen LogP contribution is 2.29. The van der Waals surface area contributed by atoms with Crippen LogP contribution >= 0.6 is 0 Å². The highest BCUT2D eigenvalue weighted by atomic mass is 16.1. The zero-order valence-electron chi connectivity index (χ0n) is 5.76. The Balaban J connectivity index is 2.39. The van der Waals surface area contributed by atoms with E-state index in [4.69, 9.17) is 5.73 Å². The molecule has 2 atom stereocenters. The number of rotatable bonds is 1. The molecule has 2 heteroatoms. The van der Waals surface area contributed by atoms with Crippen LogP contribution in [0.4, 0.5) is 0 Å². The molecule has 1 unspecified atom stereocenters. The predicted molar refractivity (Wildman–Crippen MR) is 35.7 cm³/mol. The molecule has 9 heavy (non-hydrogen) atoms. The average molecular weight is 127 g/mol. The summed E-state index contributed by atoms with van der Waals surface area (Å²) in [4.78, 5) is 10.6. The van der Waals surface area contributed by atoms with Crippen molar-refractivity contribution >= 4 is 5.91 Å². The number of amides is 1. The first kappa shape index (κ1) is 6.59. The van der Waals surface area contributed by atoms with Crippen molar-refractivity contribution in [3.05, 3.63) is 0 Å². The van der Waals surface area contributed by atoms with Gasteiger partial charge in [-0.3, -0.25) is 4.79 Å². The first-order valence-electron chi connectivity index (χ1n) is 3.49.